The van der Waals surface area contributed by atoms with Gasteiger partial charge in [-0.15, -0.1) is 0 Å². The van der Waals surface area contributed by atoms with Crippen LogP contribution in [-0.2, 0) is 0 Å². The van der Waals surface area contributed by atoms with Gasteiger partial charge in [0, 0.05) is 23.4 Å². The van der Waals surface area contributed by atoms with Gasteiger partial charge >= 0.3 is 0 Å². The van der Waals surface area contributed by atoms with Crippen LogP contribution in [0.25, 0.3) is 0 Å². The molecule has 18 heavy (non-hydrogen) atoms. The lowest BCUT2D eigenvalue weighted by atomic mass is 10.2. The van der Waals surface area contributed by atoms with Crippen molar-refractivity contribution in [1.29, 1.82) is 0 Å². The molecule has 5 nitrogen and oxygen atoms in total. The Labute approximate surface area is 103 Å². The molecule has 0 fully saturated rings. The van der Waals surface area contributed by atoms with E-state index in [-0.39, 0.29) is 17.2 Å². The Morgan fingerprint density at radius 2 is 1.78 bits per heavy atom. The maximum absolute atomic E-state index is 11.9. The molecule has 90 valence electrons. The Kier molecular flexibility index (Phi) is 3.33. The van der Waals surface area contributed by atoms with E-state index < -0.39 is 4.92 Å². The smallest absolute Gasteiger partial charge is 0.270 e. The predicted octanol–water partition coefficient (Wildman–Crippen LogP) is 2.85. The van der Waals surface area contributed by atoms with E-state index in [0.29, 0.717) is 5.69 Å². The molecule has 1 N–H and O–H groups in total. The predicted molar refractivity (Wildman–Crippen MR) is 67.5 cm³/mol. The normalized spacial score (nSPS) is 9.78. The van der Waals surface area contributed by atoms with E-state index in [1.165, 1.54) is 24.3 Å². The van der Waals surface area contributed by atoms with Crippen LogP contribution >= 0.6 is 0 Å². The third-order valence-electron chi connectivity index (χ3n) is 2.35. The average molecular weight is 242 g/mol. The van der Waals surface area contributed by atoms with Crippen molar-refractivity contribution in [3.63, 3.8) is 0 Å². The summed E-state index contributed by atoms with van der Waals surface area (Å²) in [6.07, 6.45) is 0. The Bertz CT molecular complexity index is 582. The second kappa shape index (κ2) is 5.09. The van der Waals surface area contributed by atoms with Crippen molar-refractivity contribution in [3.8, 4) is 0 Å². The maximum Gasteiger partial charge on any atom is 0.270 e. The summed E-state index contributed by atoms with van der Waals surface area (Å²) in [7, 11) is 0. The topological polar surface area (TPSA) is 72.2 Å². The van der Waals surface area contributed by atoms with Crippen LogP contribution in [0.3, 0.4) is 0 Å². The molecule has 5 heteroatoms. The summed E-state index contributed by atoms with van der Waals surface area (Å²) in [4.78, 5) is 21.9. The van der Waals surface area contributed by atoms with Crippen LogP contribution in [0.15, 0.2) is 54.6 Å². The number of para-hydroxylation sites is 1. The molecule has 2 aromatic carbocycles. The minimum absolute atomic E-state index is 0.101. The number of anilines is 1. The molecule has 2 rings (SSSR count). The number of hydrogen-bond acceptors (Lipinski definition) is 3. The lowest BCUT2D eigenvalue weighted by Crippen LogP contribution is -2.11. The van der Waals surface area contributed by atoms with Gasteiger partial charge in [-0.2, -0.15) is 0 Å². The molecule has 0 unspecified atom stereocenters. The molecule has 0 radical (unpaired) electrons. The zero-order chi connectivity index (χ0) is 13.0. The summed E-state index contributed by atoms with van der Waals surface area (Å²) in [6.45, 7) is 0. The largest absolute Gasteiger partial charge is 0.322 e. The van der Waals surface area contributed by atoms with Gasteiger partial charge in [-0.1, -0.05) is 24.3 Å². The lowest BCUT2D eigenvalue weighted by molar-refractivity contribution is -0.384. The Morgan fingerprint density at radius 1 is 1.06 bits per heavy atom. The van der Waals surface area contributed by atoms with Crippen molar-refractivity contribution in [2.45, 2.75) is 0 Å². The highest BCUT2D eigenvalue weighted by molar-refractivity contribution is 6.04. The molecule has 0 bridgehead atoms. The van der Waals surface area contributed by atoms with Crippen molar-refractivity contribution < 1.29 is 9.72 Å². The number of rotatable bonds is 3. The van der Waals surface area contributed by atoms with Crippen LogP contribution in [0.1, 0.15) is 10.4 Å². The highest BCUT2D eigenvalue weighted by Gasteiger charge is 2.11. The molecule has 2 aromatic rings. The standard InChI is InChI=1S/C13H10N2O3/c16-13(14-11-6-2-1-3-7-11)10-5-4-8-12(9-10)15(17)18/h1-9H,(H,14,16). The number of carbonyl (C=O) groups is 1. The van der Waals surface area contributed by atoms with E-state index in [9.17, 15) is 14.9 Å². The summed E-state index contributed by atoms with van der Waals surface area (Å²) in [5.74, 6) is -0.370. The molecule has 0 aliphatic heterocycles. The van der Waals surface area contributed by atoms with E-state index in [1.54, 1.807) is 24.3 Å². The number of nitrogens with one attached hydrogen (secondary N) is 1. The second-order valence-corrected chi connectivity index (χ2v) is 3.63. The minimum atomic E-state index is -0.528. The molecule has 0 heterocycles. The summed E-state index contributed by atoms with van der Waals surface area (Å²) in [5, 5.41) is 13.3. The van der Waals surface area contributed by atoms with E-state index in [4.69, 9.17) is 0 Å². The highest BCUT2D eigenvalue weighted by atomic mass is 16.6. The van der Waals surface area contributed by atoms with Crippen LogP contribution in [0, 0.1) is 10.1 Å². The van der Waals surface area contributed by atoms with Crippen LogP contribution in [0.2, 0.25) is 0 Å². The first-order chi connectivity index (χ1) is 8.66. The van der Waals surface area contributed by atoms with E-state index in [0.717, 1.165) is 0 Å². The number of carbonyl (C=O) groups excluding carboxylic acids is 1. The SMILES string of the molecule is O=C(Nc1ccccc1)c1cccc([N+](=O)[O-])c1. The molecule has 0 spiro atoms. The summed E-state index contributed by atoms with van der Waals surface area (Å²) in [6, 6.07) is 14.5. The number of benzene rings is 2. The van der Waals surface area contributed by atoms with Crippen molar-refractivity contribution in [1.82, 2.24) is 0 Å². The van der Waals surface area contributed by atoms with Gasteiger partial charge < -0.3 is 5.32 Å². The number of non-ortho nitro benzene ring substituents is 1. The van der Waals surface area contributed by atoms with E-state index in [2.05, 4.69) is 5.32 Å². The molecular weight excluding hydrogens is 232 g/mol. The Hall–Kier alpha value is -2.69. The first kappa shape index (κ1) is 11.8. The number of nitrogens with zero attached hydrogens (tertiary/aromatic N) is 1. The van der Waals surface area contributed by atoms with Crippen molar-refractivity contribution in [2.24, 2.45) is 0 Å². The second-order valence-electron chi connectivity index (χ2n) is 3.63. The average Bonchev–Trinajstić information content (AvgIpc) is 2.40. The fourth-order valence-corrected chi connectivity index (χ4v) is 1.49. The van der Waals surface area contributed by atoms with Crippen molar-refractivity contribution in [2.75, 3.05) is 5.32 Å². The summed E-state index contributed by atoms with van der Waals surface area (Å²) in [5.41, 5.74) is 0.803. The number of amides is 1. The number of nitro groups is 1. The molecule has 0 saturated carbocycles. The van der Waals surface area contributed by atoms with Gasteiger partial charge in [0.15, 0.2) is 0 Å². The Morgan fingerprint density at radius 3 is 2.44 bits per heavy atom. The molecular formula is C13H10N2O3. The third kappa shape index (κ3) is 2.70. The quantitative estimate of drug-likeness (QED) is 0.664. The van der Waals surface area contributed by atoms with Gasteiger partial charge in [-0.05, 0) is 18.2 Å². The van der Waals surface area contributed by atoms with Crippen LogP contribution < -0.4 is 5.32 Å². The Balaban J connectivity index is 2.19. The molecule has 1 amide bonds. The van der Waals surface area contributed by atoms with E-state index in [1.807, 2.05) is 6.07 Å². The maximum atomic E-state index is 11.9. The van der Waals surface area contributed by atoms with Gasteiger partial charge in [0.05, 0.1) is 4.92 Å². The minimum Gasteiger partial charge on any atom is -0.322 e. The summed E-state index contributed by atoms with van der Waals surface area (Å²) < 4.78 is 0. The molecule has 0 aliphatic carbocycles. The molecule has 0 aromatic heterocycles. The highest BCUT2D eigenvalue weighted by Crippen LogP contribution is 2.14. The molecule has 0 saturated heterocycles. The van der Waals surface area contributed by atoms with Crippen molar-refractivity contribution in [3.05, 3.63) is 70.3 Å². The van der Waals surface area contributed by atoms with Crippen LogP contribution in [0.4, 0.5) is 11.4 Å². The van der Waals surface area contributed by atoms with Gasteiger partial charge in [0.2, 0.25) is 0 Å². The number of nitro benzene ring substituents is 1. The molecule has 0 aliphatic rings. The first-order valence-corrected chi connectivity index (χ1v) is 5.27. The van der Waals surface area contributed by atoms with Gasteiger partial charge in [0.1, 0.15) is 0 Å². The first-order valence-electron chi connectivity index (χ1n) is 5.27. The third-order valence-corrected chi connectivity index (χ3v) is 2.35. The zero-order valence-corrected chi connectivity index (χ0v) is 9.37. The molecule has 0 atom stereocenters. The fourth-order valence-electron chi connectivity index (χ4n) is 1.49. The van der Waals surface area contributed by atoms with E-state index >= 15 is 0 Å². The van der Waals surface area contributed by atoms with Gasteiger partial charge in [-0.25, -0.2) is 0 Å². The monoisotopic (exact) mass is 242 g/mol. The lowest BCUT2D eigenvalue weighted by Gasteiger charge is -2.04. The van der Waals surface area contributed by atoms with Crippen LogP contribution in [-0.4, -0.2) is 10.8 Å². The zero-order valence-electron chi connectivity index (χ0n) is 9.37. The fraction of sp³-hybridized carbons (Fsp3) is 0. The van der Waals surface area contributed by atoms with Crippen LogP contribution in [0.5, 0.6) is 0 Å². The van der Waals surface area contributed by atoms with Crippen molar-refractivity contribution >= 4 is 17.3 Å². The number of hydrogen-bond donors (Lipinski definition) is 1. The van der Waals surface area contributed by atoms with Gasteiger partial charge in [-0.3, -0.25) is 14.9 Å². The summed E-state index contributed by atoms with van der Waals surface area (Å²) >= 11 is 0. The van der Waals surface area contributed by atoms with Gasteiger partial charge in [0.25, 0.3) is 11.6 Å².